The molecule has 0 bridgehead atoms. The Morgan fingerprint density at radius 1 is 1.29 bits per heavy atom. The molecule has 0 aromatic rings. The minimum absolute atomic E-state index is 0.0547. The van der Waals surface area contributed by atoms with E-state index in [4.69, 9.17) is 5.73 Å². The topological polar surface area (TPSA) is 49.5 Å². The van der Waals surface area contributed by atoms with Crippen molar-refractivity contribution in [2.45, 2.75) is 64.6 Å². The van der Waals surface area contributed by atoms with Gasteiger partial charge < -0.3 is 10.8 Å². The Bertz CT molecular complexity index is 220. The molecular formula is C14H30N2O. The Balaban J connectivity index is 2.67. The van der Waals surface area contributed by atoms with Crippen molar-refractivity contribution in [3.05, 3.63) is 0 Å². The predicted molar refractivity (Wildman–Crippen MR) is 72.9 cm³/mol. The van der Waals surface area contributed by atoms with E-state index in [9.17, 15) is 5.11 Å². The first-order chi connectivity index (χ1) is 7.99. The van der Waals surface area contributed by atoms with Crippen molar-refractivity contribution in [3.8, 4) is 0 Å². The van der Waals surface area contributed by atoms with Crippen molar-refractivity contribution in [1.29, 1.82) is 0 Å². The van der Waals surface area contributed by atoms with Gasteiger partial charge in [-0.2, -0.15) is 0 Å². The van der Waals surface area contributed by atoms with Gasteiger partial charge in [-0.1, -0.05) is 33.6 Å². The van der Waals surface area contributed by atoms with Crippen LogP contribution in [0.5, 0.6) is 0 Å². The standard InChI is InChI=1S/C14H30N2O/c1-10(2)14(15)13(9-17)16(4)12-8-6-5-7-11(12)3/h10-14,17H,5-9,15H2,1-4H3. The van der Waals surface area contributed by atoms with Gasteiger partial charge in [0, 0.05) is 18.1 Å². The molecule has 0 heterocycles. The van der Waals surface area contributed by atoms with Gasteiger partial charge in [-0.15, -0.1) is 0 Å². The predicted octanol–water partition coefficient (Wildman–Crippen LogP) is 1.84. The second kappa shape index (κ2) is 6.72. The summed E-state index contributed by atoms with van der Waals surface area (Å²) >= 11 is 0. The van der Waals surface area contributed by atoms with Crippen LogP contribution >= 0.6 is 0 Å². The number of hydrogen-bond donors (Lipinski definition) is 2. The fourth-order valence-electron chi connectivity index (χ4n) is 3.11. The Labute approximate surface area is 106 Å². The van der Waals surface area contributed by atoms with Crippen molar-refractivity contribution in [2.24, 2.45) is 17.6 Å². The highest BCUT2D eigenvalue weighted by atomic mass is 16.3. The highest BCUT2D eigenvalue weighted by Gasteiger charge is 2.32. The van der Waals surface area contributed by atoms with Crippen LogP contribution in [0.15, 0.2) is 0 Å². The first-order valence-electron chi connectivity index (χ1n) is 7.07. The molecule has 3 heteroatoms. The van der Waals surface area contributed by atoms with Crippen LogP contribution in [0.2, 0.25) is 0 Å². The van der Waals surface area contributed by atoms with E-state index in [1.54, 1.807) is 0 Å². The van der Waals surface area contributed by atoms with Gasteiger partial charge in [0.05, 0.1) is 6.61 Å². The number of rotatable bonds is 5. The van der Waals surface area contributed by atoms with E-state index in [-0.39, 0.29) is 18.7 Å². The average molecular weight is 242 g/mol. The van der Waals surface area contributed by atoms with Crippen LogP contribution < -0.4 is 5.73 Å². The summed E-state index contributed by atoms with van der Waals surface area (Å²) in [6, 6.07) is 0.741. The average Bonchev–Trinajstić information content (AvgIpc) is 2.30. The molecule has 1 saturated carbocycles. The number of hydrogen-bond acceptors (Lipinski definition) is 3. The third-order valence-corrected chi connectivity index (χ3v) is 4.51. The maximum atomic E-state index is 9.61. The Kier molecular flexibility index (Phi) is 5.90. The second-order valence-electron chi connectivity index (χ2n) is 6.07. The summed E-state index contributed by atoms with van der Waals surface area (Å²) in [5.74, 6) is 1.13. The third kappa shape index (κ3) is 3.67. The van der Waals surface area contributed by atoms with Crippen LogP contribution in [-0.4, -0.2) is 41.8 Å². The number of aliphatic hydroxyl groups excluding tert-OH is 1. The molecule has 0 aromatic heterocycles. The largest absolute Gasteiger partial charge is 0.395 e. The van der Waals surface area contributed by atoms with Gasteiger partial charge in [-0.05, 0) is 31.7 Å². The quantitative estimate of drug-likeness (QED) is 0.773. The van der Waals surface area contributed by atoms with E-state index < -0.39 is 0 Å². The van der Waals surface area contributed by atoms with E-state index in [2.05, 4.69) is 32.7 Å². The molecule has 0 aromatic carbocycles. The van der Waals surface area contributed by atoms with Gasteiger partial charge in [0.1, 0.15) is 0 Å². The van der Waals surface area contributed by atoms with E-state index in [0.29, 0.717) is 12.0 Å². The Morgan fingerprint density at radius 2 is 1.88 bits per heavy atom. The van der Waals surface area contributed by atoms with Crippen LogP contribution in [0, 0.1) is 11.8 Å². The van der Waals surface area contributed by atoms with E-state index >= 15 is 0 Å². The molecule has 3 nitrogen and oxygen atoms in total. The summed E-state index contributed by atoms with van der Waals surface area (Å²) in [5.41, 5.74) is 6.22. The summed E-state index contributed by atoms with van der Waals surface area (Å²) in [6.07, 6.45) is 5.23. The maximum absolute atomic E-state index is 9.61. The van der Waals surface area contributed by atoms with Crippen LogP contribution in [0.3, 0.4) is 0 Å². The monoisotopic (exact) mass is 242 g/mol. The zero-order valence-corrected chi connectivity index (χ0v) is 11.9. The molecule has 1 fully saturated rings. The fraction of sp³-hybridized carbons (Fsp3) is 1.00. The molecule has 1 aliphatic rings. The number of likely N-dealkylation sites (N-methyl/N-ethyl adjacent to an activating group) is 1. The number of nitrogens with zero attached hydrogens (tertiary/aromatic N) is 1. The van der Waals surface area contributed by atoms with Crippen molar-refractivity contribution >= 4 is 0 Å². The van der Waals surface area contributed by atoms with Gasteiger partial charge >= 0.3 is 0 Å². The van der Waals surface area contributed by atoms with Gasteiger partial charge in [-0.25, -0.2) is 0 Å². The van der Waals surface area contributed by atoms with Gasteiger partial charge in [0.25, 0.3) is 0 Å². The van der Waals surface area contributed by atoms with Gasteiger partial charge in [-0.3, -0.25) is 4.90 Å². The summed E-state index contributed by atoms with van der Waals surface area (Å²) in [7, 11) is 2.13. The molecule has 4 unspecified atom stereocenters. The zero-order valence-electron chi connectivity index (χ0n) is 11.9. The lowest BCUT2D eigenvalue weighted by Crippen LogP contribution is -2.56. The van der Waals surface area contributed by atoms with Crippen molar-refractivity contribution in [1.82, 2.24) is 4.90 Å². The Morgan fingerprint density at radius 3 is 2.35 bits per heavy atom. The van der Waals surface area contributed by atoms with Crippen molar-refractivity contribution in [2.75, 3.05) is 13.7 Å². The Hall–Kier alpha value is -0.120. The summed E-state index contributed by atoms with van der Waals surface area (Å²) < 4.78 is 0. The maximum Gasteiger partial charge on any atom is 0.0602 e. The smallest absolute Gasteiger partial charge is 0.0602 e. The molecule has 3 N–H and O–H groups in total. The molecule has 17 heavy (non-hydrogen) atoms. The zero-order chi connectivity index (χ0) is 13.0. The van der Waals surface area contributed by atoms with Crippen molar-refractivity contribution in [3.63, 3.8) is 0 Å². The molecular weight excluding hydrogens is 212 g/mol. The normalized spacial score (nSPS) is 29.6. The summed E-state index contributed by atoms with van der Waals surface area (Å²) in [5, 5.41) is 9.61. The van der Waals surface area contributed by atoms with E-state index in [1.165, 1.54) is 25.7 Å². The fourth-order valence-corrected chi connectivity index (χ4v) is 3.11. The minimum Gasteiger partial charge on any atom is -0.395 e. The first-order valence-corrected chi connectivity index (χ1v) is 7.07. The minimum atomic E-state index is 0.0547. The van der Waals surface area contributed by atoms with E-state index in [1.807, 2.05) is 0 Å². The van der Waals surface area contributed by atoms with Crippen LogP contribution in [0.4, 0.5) is 0 Å². The SMILES string of the molecule is CC(C)C(N)C(CO)N(C)C1CCCCC1C. The molecule has 0 aliphatic heterocycles. The van der Waals surface area contributed by atoms with Gasteiger partial charge in [0.2, 0.25) is 0 Å². The molecule has 1 aliphatic carbocycles. The lowest BCUT2D eigenvalue weighted by atomic mass is 9.83. The van der Waals surface area contributed by atoms with E-state index in [0.717, 1.165) is 5.92 Å². The molecule has 1 rings (SSSR count). The molecule has 0 radical (unpaired) electrons. The molecule has 0 saturated heterocycles. The third-order valence-electron chi connectivity index (χ3n) is 4.51. The van der Waals surface area contributed by atoms with Crippen molar-refractivity contribution < 1.29 is 5.11 Å². The van der Waals surface area contributed by atoms with Crippen LogP contribution in [0.1, 0.15) is 46.5 Å². The number of nitrogens with two attached hydrogens (primary N) is 1. The van der Waals surface area contributed by atoms with Gasteiger partial charge in [0.15, 0.2) is 0 Å². The highest BCUT2D eigenvalue weighted by Crippen LogP contribution is 2.29. The first kappa shape index (κ1) is 14.9. The van der Waals surface area contributed by atoms with Crippen LogP contribution in [-0.2, 0) is 0 Å². The highest BCUT2D eigenvalue weighted by molar-refractivity contribution is 4.89. The number of aliphatic hydroxyl groups is 1. The van der Waals surface area contributed by atoms with Crippen LogP contribution in [0.25, 0.3) is 0 Å². The molecule has 0 spiro atoms. The lowest BCUT2D eigenvalue weighted by Gasteiger charge is -2.43. The molecule has 4 atom stereocenters. The summed E-state index contributed by atoms with van der Waals surface area (Å²) in [4.78, 5) is 2.34. The lowest BCUT2D eigenvalue weighted by molar-refractivity contribution is 0.0422. The molecule has 102 valence electrons. The second-order valence-corrected chi connectivity index (χ2v) is 6.07. The molecule has 0 amide bonds. The summed E-state index contributed by atoms with van der Waals surface area (Å²) in [6.45, 7) is 6.76.